The predicted molar refractivity (Wildman–Crippen MR) is 95.5 cm³/mol. The Morgan fingerprint density at radius 1 is 1.38 bits per heavy atom. The van der Waals surface area contributed by atoms with Crippen molar-refractivity contribution in [2.75, 3.05) is 5.32 Å². The van der Waals surface area contributed by atoms with Gasteiger partial charge in [-0.3, -0.25) is 9.36 Å². The fourth-order valence-electron chi connectivity index (χ4n) is 3.62. The minimum absolute atomic E-state index is 0.00785. The lowest BCUT2D eigenvalue weighted by molar-refractivity contribution is -0.119. The zero-order chi connectivity index (χ0) is 17.1. The number of nitrogens with one attached hydrogen (secondary N) is 2. The van der Waals surface area contributed by atoms with Gasteiger partial charge in [-0.15, -0.1) is 0 Å². The van der Waals surface area contributed by atoms with E-state index < -0.39 is 0 Å². The number of aryl methyl sites for hydroxylation is 1. The van der Waals surface area contributed by atoms with Crippen molar-refractivity contribution < 1.29 is 4.79 Å². The zero-order valence-corrected chi connectivity index (χ0v) is 14.3. The summed E-state index contributed by atoms with van der Waals surface area (Å²) in [5.74, 6) is 0.754. The molecule has 0 radical (unpaired) electrons. The highest BCUT2D eigenvalue weighted by Crippen LogP contribution is 2.30. The van der Waals surface area contributed by atoms with E-state index in [4.69, 9.17) is 0 Å². The van der Waals surface area contributed by atoms with Gasteiger partial charge in [0.15, 0.2) is 0 Å². The van der Waals surface area contributed by atoms with Crippen molar-refractivity contribution in [3.05, 3.63) is 46.6 Å². The zero-order valence-electron chi connectivity index (χ0n) is 14.3. The minimum atomic E-state index is -0.175. The third-order valence-electron chi connectivity index (χ3n) is 4.94. The Bertz CT molecular complexity index is 769. The van der Waals surface area contributed by atoms with Crippen molar-refractivity contribution in [3.63, 3.8) is 0 Å². The van der Waals surface area contributed by atoms with Crippen LogP contribution in [0.2, 0.25) is 0 Å². The molecule has 0 bridgehead atoms. The molecule has 2 aromatic rings. The van der Waals surface area contributed by atoms with Gasteiger partial charge >= 0.3 is 5.69 Å². The maximum atomic E-state index is 12.4. The van der Waals surface area contributed by atoms with Crippen LogP contribution in [0.3, 0.4) is 0 Å². The van der Waals surface area contributed by atoms with Crippen LogP contribution in [0, 0.1) is 18.8 Å². The Kier molecular flexibility index (Phi) is 4.88. The van der Waals surface area contributed by atoms with Gasteiger partial charge in [0, 0.05) is 23.5 Å². The molecular weight excluding hydrogens is 302 g/mol. The lowest BCUT2D eigenvalue weighted by atomic mass is 9.94. The number of rotatable bonds is 5. The van der Waals surface area contributed by atoms with E-state index in [0.717, 1.165) is 23.5 Å². The topological polar surface area (TPSA) is 66.9 Å². The van der Waals surface area contributed by atoms with Crippen molar-refractivity contribution in [3.8, 4) is 5.69 Å². The van der Waals surface area contributed by atoms with Gasteiger partial charge < -0.3 is 10.3 Å². The van der Waals surface area contributed by atoms with Gasteiger partial charge in [0.2, 0.25) is 5.91 Å². The quantitative estimate of drug-likeness (QED) is 0.880. The average Bonchev–Trinajstić information content (AvgIpc) is 3.17. The van der Waals surface area contributed by atoms with E-state index in [1.54, 1.807) is 10.8 Å². The van der Waals surface area contributed by atoms with Crippen LogP contribution in [-0.4, -0.2) is 15.5 Å². The second kappa shape index (κ2) is 7.07. The molecule has 1 aromatic carbocycles. The second-order valence-electron chi connectivity index (χ2n) is 6.90. The first-order valence-corrected chi connectivity index (χ1v) is 8.73. The number of carbonyl (C=O) groups excluding carboxylic acids is 1. The number of hydrogen-bond donors (Lipinski definition) is 2. The van der Waals surface area contributed by atoms with Gasteiger partial charge in [-0.1, -0.05) is 38.7 Å². The van der Waals surface area contributed by atoms with Gasteiger partial charge in [-0.25, -0.2) is 4.79 Å². The Labute approximate surface area is 142 Å². The highest BCUT2D eigenvalue weighted by Gasteiger charge is 2.22. The lowest BCUT2D eigenvalue weighted by Crippen LogP contribution is -2.22. The molecule has 128 valence electrons. The van der Waals surface area contributed by atoms with Crippen LogP contribution in [0.4, 0.5) is 5.69 Å². The van der Waals surface area contributed by atoms with Crippen molar-refractivity contribution in [2.45, 2.75) is 46.0 Å². The third-order valence-corrected chi connectivity index (χ3v) is 4.94. The summed E-state index contributed by atoms with van der Waals surface area (Å²) in [6, 6.07) is 7.41. The molecule has 1 aliphatic carbocycles. The molecule has 0 saturated heterocycles. The lowest BCUT2D eigenvalue weighted by Gasteiger charge is -2.16. The normalized spacial score (nSPS) is 16.2. The molecular formula is C19H25N3O2. The van der Waals surface area contributed by atoms with Crippen LogP contribution in [-0.2, 0) is 4.79 Å². The first kappa shape index (κ1) is 16.6. The van der Waals surface area contributed by atoms with E-state index in [1.165, 1.54) is 25.7 Å². The molecule has 5 nitrogen and oxygen atoms in total. The molecule has 24 heavy (non-hydrogen) atoms. The van der Waals surface area contributed by atoms with Gasteiger partial charge in [-0.2, -0.15) is 0 Å². The van der Waals surface area contributed by atoms with E-state index in [9.17, 15) is 9.59 Å². The molecule has 1 atom stereocenters. The van der Waals surface area contributed by atoms with Crippen molar-refractivity contribution >= 4 is 11.6 Å². The Morgan fingerprint density at radius 2 is 2.12 bits per heavy atom. The fraction of sp³-hybridized carbons (Fsp3) is 0.474. The van der Waals surface area contributed by atoms with Gasteiger partial charge in [0.25, 0.3) is 0 Å². The number of nitrogens with zero attached hydrogens (tertiary/aromatic N) is 1. The number of H-pyrrole nitrogens is 1. The van der Waals surface area contributed by atoms with E-state index in [2.05, 4.69) is 10.3 Å². The SMILES string of the molecule is Cc1c[nH]c(=O)n1-c1cccc(NC(=O)C(C)CC2CCCC2)c1. The highest BCUT2D eigenvalue weighted by atomic mass is 16.2. The Morgan fingerprint density at radius 3 is 2.79 bits per heavy atom. The standard InChI is InChI=1S/C19H25N3O2/c1-13(10-15-6-3-4-7-15)18(23)21-16-8-5-9-17(11-16)22-14(2)12-20-19(22)24/h5,8-9,11-13,15H,3-4,6-7,10H2,1-2H3,(H,20,24)(H,21,23). The van der Waals surface area contributed by atoms with Gasteiger partial charge in [-0.05, 0) is 37.5 Å². The van der Waals surface area contributed by atoms with Crippen LogP contribution in [0.1, 0.15) is 44.7 Å². The van der Waals surface area contributed by atoms with Crippen LogP contribution in [0.5, 0.6) is 0 Å². The molecule has 1 fully saturated rings. The number of aromatic nitrogens is 2. The molecule has 2 N–H and O–H groups in total. The van der Waals surface area contributed by atoms with Crippen LogP contribution in [0.15, 0.2) is 35.3 Å². The summed E-state index contributed by atoms with van der Waals surface area (Å²) in [6.45, 7) is 3.87. The number of carbonyl (C=O) groups is 1. The fourth-order valence-corrected chi connectivity index (χ4v) is 3.62. The molecule has 3 rings (SSSR count). The summed E-state index contributed by atoms with van der Waals surface area (Å²) in [5.41, 5.74) is 2.13. The smallest absolute Gasteiger partial charge is 0.326 e. The van der Waals surface area contributed by atoms with E-state index >= 15 is 0 Å². The third kappa shape index (κ3) is 3.61. The molecule has 1 saturated carbocycles. The van der Waals surface area contributed by atoms with Crippen molar-refractivity contribution in [1.29, 1.82) is 0 Å². The Balaban J connectivity index is 1.70. The number of amides is 1. The van der Waals surface area contributed by atoms with E-state index in [0.29, 0.717) is 5.92 Å². The average molecular weight is 327 g/mol. The molecule has 1 aliphatic rings. The predicted octanol–water partition coefficient (Wildman–Crippen LogP) is 3.63. The van der Waals surface area contributed by atoms with Gasteiger partial charge in [0.05, 0.1) is 5.69 Å². The molecule has 5 heteroatoms. The Hall–Kier alpha value is -2.30. The molecule has 1 heterocycles. The van der Waals surface area contributed by atoms with Crippen molar-refractivity contribution in [2.24, 2.45) is 11.8 Å². The number of hydrogen-bond acceptors (Lipinski definition) is 2. The summed E-state index contributed by atoms with van der Waals surface area (Å²) in [5, 5.41) is 2.99. The molecule has 0 aliphatic heterocycles. The number of benzene rings is 1. The summed E-state index contributed by atoms with van der Waals surface area (Å²) < 4.78 is 1.59. The molecule has 0 spiro atoms. The van der Waals surface area contributed by atoms with Crippen LogP contribution < -0.4 is 11.0 Å². The molecule has 1 aromatic heterocycles. The van der Waals surface area contributed by atoms with E-state index in [1.807, 2.05) is 38.1 Å². The summed E-state index contributed by atoms with van der Waals surface area (Å²) in [6.07, 6.45) is 7.74. The maximum absolute atomic E-state index is 12.4. The summed E-state index contributed by atoms with van der Waals surface area (Å²) in [7, 11) is 0. The summed E-state index contributed by atoms with van der Waals surface area (Å²) >= 11 is 0. The monoisotopic (exact) mass is 327 g/mol. The molecule has 1 amide bonds. The van der Waals surface area contributed by atoms with E-state index in [-0.39, 0.29) is 17.5 Å². The van der Waals surface area contributed by atoms with Crippen molar-refractivity contribution in [1.82, 2.24) is 9.55 Å². The second-order valence-corrected chi connectivity index (χ2v) is 6.90. The number of anilines is 1. The first-order chi connectivity index (χ1) is 11.5. The minimum Gasteiger partial charge on any atom is -0.326 e. The molecule has 1 unspecified atom stereocenters. The summed E-state index contributed by atoms with van der Waals surface area (Å²) in [4.78, 5) is 27.0. The number of aromatic amines is 1. The number of imidazole rings is 1. The first-order valence-electron chi connectivity index (χ1n) is 8.73. The van der Waals surface area contributed by atoms with Crippen LogP contribution in [0.25, 0.3) is 5.69 Å². The maximum Gasteiger partial charge on any atom is 0.330 e. The van der Waals surface area contributed by atoms with Crippen LogP contribution >= 0.6 is 0 Å². The highest BCUT2D eigenvalue weighted by molar-refractivity contribution is 5.92. The van der Waals surface area contributed by atoms with Gasteiger partial charge in [0.1, 0.15) is 0 Å². The largest absolute Gasteiger partial charge is 0.330 e.